The first-order valence-electron chi connectivity index (χ1n) is 4.81. The van der Waals surface area contributed by atoms with E-state index in [0.29, 0.717) is 0 Å². The molecule has 2 nitrogen and oxygen atoms in total. The number of pyridine rings is 1. The second kappa shape index (κ2) is 5.10. The van der Waals surface area contributed by atoms with E-state index in [9.17, 15) is 0 Å². The number of hydrogen-bond donors (Lipinski definition) is 1. The molecule has 1 N–H and O–H groups in total. The Bertz CT molecular complexity index is 454. The number of hydrogen-bond acceptors (Lipinski definition) is 2. The molecule has 0 saturated heterocycles. The van der Waals surface area contributed by atoms with Crippen LogP contribution in [-0.2, 0) is 6.54 Å². The highest BCUT2D eigenvalue weighted by atomic mass is 35.5. The second-order valence-electron chi connectivity index (χ2n) is 3.46. The molecule has 0 atom stereocenters. The van der Waals surface area contributed by atoms with Crippen molar-refractivity contribution in [2.75, 3.05) is 7.05 Å². The molecule has 0 fully saturated rings. The summed E-state index contributed by atoms with van der Waals surface area (Å²) >= 11 is 0. The molecule has 2 aromatic rings. The zero-order valence-electron chi connectivity index (χ0n) is 8.95. The van der Waals surface area contributed by atoms with Crippen LogP contribution in [0.3, 0.4) is 0 Å². The van der Waals surface area contributed by atoms with E-state index in [2.05, 4.69) is 29.4 Å². The van der Waals surface area contributed by atoms with Crippen molar-refractivity contribution >= 4 is 23.3 Å². The number of benzene rings is 1. The van der Waals surface area contributed by atoms with Crippen LogP contribution in [0.15, 0.2) is 30.3 Å². The minimum Gasteiger partial charge on any atom is -0.316 e. The van der Waals surface area contributed by atoms with E-state index in [1.807, 2.05) is 25.2 Å². The highest BCUT2D eigenvalue weighted by Crippen LogP contribution is 2.15. The van der Waals surface area contributed by atoms with Crippen LogP contribution in [0.5, 0.6) is 0 Å². The van der Waals surface area contributed by atoms with Crippen LogP contribution >= 0.6 is 12.4 Å². The lowest BCUT2D eigenvalue weighted by Crippen LogP contribution is -2.07. The number of nitrogens with one attached hydrogen (secondary N) is 1. The summed E-state index contributed by atoms with van der Waals surface area (Å²) in [6.45, 7) is 2.93. The summed E-state index contributed by atoms with van der Waals surface area (Å²) in [6, 6.07) is 10.4. The maximum atomic E-state index is 4.55. The third kappa shape index (κ3) is 2.46. The van der Waals surface area contributed by atoms with Crippen LogP contribution < -0.4 is 5.32 Å². The summed E-state index contributed by atoms with van der Waals surface area (Å²) < 4.78 is 0. The first-order chi connectivity index (χ1) is 6.81. The Kier molecular flexibility index (Phi) is 4.06. The fourth-order valence-electron chi connectivity index (χ4n) is 1.63. The van der Waals surface area contributed by atoms with Gasteiger partial charge in [0.25, 0.3) is 0 Å². The van der Waals surface area contributed by atoms with E-state index in [1.54, 1.807) is 0 Å². The Morgan fingerprint density at radius 1 is 1.27 bits per heavy atom. The van der Waals surface area contributed by atoms with Gasteiger partial charge in [0.1, 0.15) is 0 Å². The summed E-state index contributed by atoms with van der Waals surface area (Å²) in [4.78, 5) is 4.55. The Morgan fingerprint density at radius 2 is 2.00 bits per heavy atom. The van der Waals surface area contributed by atoms with Crippen molar-refractivity contribution in [3.05, 3.63) is 41.6 Å². The molecular weight excluding hydrogens is 208 g/mol. The molecule has 0 amide bonds. The first-order valence-corrected chi connectivity index (χ1v) is 4.81. The molecule has 1 aromatic carbocycles. The van der Waals surface area contributed by atoms with Gasteiger partial charge in [0.05, 0.1) is 5.52 Å². The molecule has 80 valence electrons. The molecule has 0 radical (unpaired) electrons. The van der Waals surface area contributed by atoms with E-state index >= 15 is 0 Å². The standard InChI is InChI=1S/C12H14N2.ClH/c1-9-11(8-13-2)7-10-5-3-4-6-12(10)14-9;/h3-7,13H,8H2,1-2H3;1H. The van der Waals surface area contributed by atoms with E-state index in [-0.39, 0.29) is 12.4 Å². The number of nitrogens with zero attached hydrogens (tertiary/aromatic N) is 1. The highest BCUT2D eigenvalue weighted by molar-refractivity contribution is 5.85. The van der Waals surface area contributed by atoms with Crippen LogP contribution in [0.1, 0.15) is 11.3 Å². The number of para-hydroxylation sites is 1. The zero-order valence-corrected chi connectivity index (χ0v) is 9.77. The van der Waals surface area contributed by atoms with Crippen LogP contribution in [0, 0.1) is 6.92 Å². The molecule has 15 heavy (non-hydrogen) atoms. The van der Waals surface area contributed by atoms with Crippen molar-refractivity contribution in [3.8, 4) is 0 Å². The van der Waals surface area contributed by atoms with Gasteiger partial charge in [-0.25, -0.2) is 0 Å². The number of rotatable bonds is 2. The van der Waals surface area contributed by atoms with E-state index in [1.165, 1.54) is 10.9 Å². The smallest absolute Gasteiger partial charge is 0.0705 e. The van der Waals surface area contributed by atoms with Crippen molar-refractivity contribution < 1.29 is 0 Å². The Balaban J connectivity index is 0.00000112. The second-order valence-corrected chi connectivity index (χ2v) is 3.46. The monoisotopic (exact) mass is 222 g/mol. The van der Waals surface area contributed by atoms with Crippen LogP contribution in [0.4, 0.5) is 0 Å². The van der Waals surface area contributed by atoms with Gasteiger partial charge in [0.2, 0.25) is 0 Å². The van der Waals surface area contributed by atoms with E-state index in [4.69, 9.17) is 0 Å². The number of fused-ring (bicyclic) bond motifs is 1. The molecule has 0 unspecified atom stereocenters. The van der Waals surface area contributed by atoms with Crippen LogP contribution in [0.25, 0.3) is 10.9 Å². The van der Waals surface area contributed by atoms with Gasteiger partial charge in [0.15, 0.2) is 0 Å². The summed E-state index contributed by atoms with van der Waals surface area (Å²) in [5.74, 6) is 0. The normalized spacial score (nSPS) is 10.0. The average Bonchev–Trinajstić information content (AvgIpc) is 2.19. The fraction of sp³-hybridized carbons (Fsp3) is 0.250. The fourth-order valence-corrected chi connectivity index (χ4v) is 1.63. The van der Waals surface area contributed by atoms with Gasteiger partial charge in [-0.05, 0) is 31.7 Å². The van der Waals surface area contributed by atoms with Gasteiger partial charge in [-0.3, -0.25) is 4.98 Å². The summed E-state index contributed by atoms with van der Waals surface area (Å²) in [5.41, 5.74) is 3.45. The minimum absolute atomic E-state index is 0. The van der Waals surface area contributed by atoms with Crippen molar-refractivity contribution in [1.29, 1.82) is 0 Å². The largest absolute Gasteiger partial charge is 0.316 e. The zero-order chi connectivity index (χ0) is 9.97. The highest BCUT2D eigenvalue weighted by Gasteiger charge is 2.00. The molecular formula is C12H15ClN2. The lowest BCUT2D eigenvalue weighted by atomic mass is 10.1. The summed E-state index contributed by atoms with van der Waals surface area (Å²) in [6.07, 6.45) is 0. The number of halogens is 1. The molecule has 0 aliphatic carbocycles. The summed E-state index contributed by atoms with van der Waals surface area (Å²) in [7, 11) is 1.95. The van der Waals surface area contributed by atoms with Gasteiger partial charge in [-0.15, -0.1) is 12.4 Å². The van der Waals surface area contributed by atoms with Gasteiger partial charge in [-0.1, -0.05) is 18.2 Å². The van der Waals surface area contributed by atoms with Crippen molar-refractivity contribution in [3.63, 3.8) is 0 Å². The minimum atomic E-state index is 0. The molecule has 1 aromatic heterocycles. The molecule has 0 spiro atoms. The quantitative estimate of drug-likeness (QED) is 0.845. The molecule has 3 heteroatoms. The van der Waals surface area contributed by atoms with Crippen LogP contribution in [-0.4, -0.2) is 12.0 Å². The Morgan fingerprint density at radius 3 is 2.73 bits per heavy atom. The number of aryl methyl sites for hydroxylation is 1. The predicted octanol–water partition coefficient (Wildman–Crippen LogP) is 2.68. The maximum absolute atomic E-state index is 4.55. The van der Waals surface area contributed by atoms with Gasteiger partial charge in [-0.2, -0.15) is 0 Å². The first kappa shape index (κ1) is 12.0. The van der Waals surface area contributed by atoms with Gasteiger partial charge < -0.3 is 5.32 Å². The molecule has 1 heterocycles. The predicted molar refractivity (Wildman–Crippen MR) is 66.5 cm³/mol. The van der Waals surface area contributed by atoms with E-state index in [0.717, 1.165) is 17.8 Å². The van der Waals surface area contributed by atoms with Gasteiger partial charge in [0, 0.05) is 17.6 Å². The molecule has 0 bridgehead atoms. The molecule has 0 aliphatic rings. The molecule has 0 saturated carbocycles. The molecule has 0 aliphatic heterocycles. The lowest BCUT2D eigenvalue weighted by molar-refractivity contribution is 0.807. The van der Waals surface area contributed by atoms with Crippen molar-refractivity contribution in [1.82, 2.24) is 10.3 Å². The van der Waals surface area contributed by atoms with Crippen molar-refractivity contribution in [2.45, 2.75) is 13.5 Å². The SMILES string of the molecule is CNCc1cc2ccccc2nc1C.Cl. The third-order valence-corrected chi connectivity index (χ3v) is 2.39. The maximum Gasteiger partial charge on any atom is 0.0705 e. The third-order valence-electron chi connectivity index (χ3n) is 2.39. The number of aromatic nitrogens is 1. The van der Waals surface area contributed by atoms with Crippen LogP contribution in [0.2, 0.25) is 0 Å². The van der Waals surface area contributed by atoms with Gasteiger partial charge >= 0.3 is 0 Å². The average molecular weight is 223 g/mol. The lowest BCUT2D eigenvalue weighted by Gasteiger charge is -2.06. The topological polar surface area (TPSA) is 24.9 Å². The Labute approximate surface area is 96.1 Å². The van der Waals surface area contributed by atoms with E-state index < -0.39 is 0 Å². The summed E-state index contributed by atoms with van der Waals surface area (Å²) in [5, 5.41) is 4.36. The van der Waals surface area contributed by atoms with Crippen molar-refractivity contribution in [2.24, 2.45) is 0 Å². The molecule has 2 rings (SSSR count). The Hall–Kier alpha value is -1.12.